The van der Waals surface area contributed by atoms with Crippen molar-refractivity contribution in [2.45, 2.75) is 25.1 Å². The summed E-state index contributed by atoms with van der Waals surface area (Å²) in [7, 11) is 1.55. The van der Waals surface area contributed by atoms with Crippen molar-refractivity contribution in [3.8, 4) is 5.75 Å². The van der Waals surface area contributed by atoms with Gasteiger partial charge in [-0.3, -0.25) is 0 Å². The minimum atomic E-state index is -4.26. The van der Waals surface area contributed by atoms with Gasteiger partial charge in [0.05, 0.1) is 17.2 Å². The highest BCUT2D eigenvalue weighted by atomic mass is 79.9. The summed E-state index contributed by atoms with van der Waals surface area (Å²) in [6, 6.07) is 4.71. The van der Waals surface area contributed by atoms with E-state index in [4.69, 9.17) is 9.47 Å². The third-order valence-electron chi connectivity index (χ3n) is 2.59. The van der Waals surface area contributed by atoms with Gasteiger partial charge in [0.1, 0.15) is 12.4 Å². The first-order valence-electron chi connectivity index (χ1n) is 5.99. The van der Waals surface area contributed by atoms with E-state index in [2.05, 4.69) is 15.9 Å². The molecule has 0 aliphatic carbocycles. The predicted molar refractivity (Wildman–Crippen MR) is 71.8 cm³/mol. The molecule has 0 aromatic heterocycles. The summed E-state index contributed by atoms with van der Waals surface area (Å²) >= 11 is 3.26. The van der Waals surface area contributed by atoms with Gasteiger partial charge in [0.2, 0.25) is 0 Å². The molecular formula is C13H16BrF3O3. The smallest absolute Gasteiger partial charge is 0.389 e. The van der Waals surface area contributed by atoms with Gasteiger partial charge >= 0.3 is 6.18 Å². The number of ether oxygens (including phenoxy) is 2. The van der Waals surface area contributed by atoms with E-state index in [1.165, 1.54) is 0 Å². The van der Waals surface area contributed by atoms with Crippen molar-refractivity contribution < 1.29 is 27.8 Å². The van der Waals surface area contributed by atoms with Crippen LogP contribution in [0.1, 0.15) is 24.5 Å². The maximum absolute atomic E-state index is 12.1. The van der Waals surface area contributed by atoms with Gasteiger partial charge in [-0.15, -0.1) is 0 Å². The fraction of sp³-hybridized carbons (Fsp3) is 0.538. The van der Waals surface area contributed by atoms with Crippen LogP contribution >= 0.6 is 15.9 Å². The van der Waals surface area contributed by atoms with Gasteiger partial charge in [-0.2, -0.15) is 13.2 Å². The Bertz CT molecular complexity index is 424. The fourth-order valence-corrected chi connectivity index (χ4v) is 2.05. The third-order valence-corrected chi connectivity index (χ3v) is 3.21. The summed E-state index contributed by atoms with van der Waals surface area (Å²) < 4.78 is 47.1. The zero-order valence-corrected chi connectivity index (χ0v) is 12.5. The molecule has 1 N–H and O–H groups in total. The van der Waals surface area contributed by atoms with Crippen LogP contribution in [-0.2, 0) is 4.74 Å². The number of aliphatic hydroxyl groups is 1. The number of alkyl halides is 3. The van der Waals surface area contributed by atoms with Gasteiger partial charge in [-0.1, -0.05) is 6.07 Å². The number of rotatable bonds is 7. The van der Waals surface area contributed by atoms with Gasteiger partial charge in [-0.25, -0.2) is 0 Å². The standard InChI is InChI=1S/C13H16BrF3O3/c1-19-6-7-20-12-3-2-9(8-10(12)14)11(18)4-5-13(15,16)17/h2-3,8,11,18H,4-7H2,1H3. The van der Waals surface area contributed by atoms with Crippen molar-refractivity contribution in [3.05, 3.63) is 28.2 Å². The highest BCUT2D eigenvalue weighted by molar-refractivity contribution is 9.10. The largest absolute Gasteiger partial charge is 0.490 e. The Kier molecular flexibility index (Phi) is 6.78. The molecule has 20 heavy (non-hydrogen) atoms. The van der Waals surface area contributed by atoms with Crippen LogP contribution in [-0.4, -0.2) is 31.6 Å². The Morgan fingerprint density at radius 1 is 1.30 bits per heavy atom. The van der Waals surface area contributed by atoms with Crippen molar-refractivity contribution in [1.82, 2.24) is 0 Å². The molecule has 1 rings (SSSR count). The number of methoxy groups -OCH3 is 1. The Hall–Kier alpha value is -0.790. The molecular weight excluding hydrogens is 341 g/mol. The summed E-state index contributed by atoms with van der Waals surface area (Å²) in [5.74, 6) is 0.550. The van der Waals surface area contributed by atoms with Crippen LogP contribution in [0.25, 0.3) is 0 Å². The van der Waals surface area contributed by atoms with E-state index in [0.717, 1.165) is 0 Å². The van der Waals surface area contributed by atoms with Crippen molar-refractivity contribution in [2.24, 2.45) is 0 Å². The highest BCUT2D eigenvalue weighted by Gasteiger charge is 2.28. The maximum Gasteiger partial charge on any atom is 0.389 e. The van der Waals surface area contributed by atoms with E-state index in [0.29, 0.717) is 29.0 Å². The molecule has 0 radical (unpaired) electrons. The zero-order chi connectivity index (χ0) is 15.2. The minimum Gasteiger partial charge on any atom is -0.490 e. The predicted octanol–water partition coefficient (Wildman–Crippen LogP) is 3.85. The van der Waals surface area contributed by atoms with Gasteiger partial charge in [0.25, 0.3) is 0 Å². The average molecular weight is 357 g/mol. The SMILES string of the molecule is COCCOc1ccc(C(O)CCC(F)(F)F)cc1Br. The second-order valence-electron chi connectivity index (χ2n) is 4.20. The van der Waals surface area contributed by atoms with Crippen molar-refractivity contribution in [1.29, 1.82) is 0 Å². The fourth-order valence-electron chi connectivity index (χ4n) is 1.54. The Morgan fingerprint density at radius 2 is 2.00 bits per heavy atom. The van der Waals surface area contributed by atoms with Crippen molar-refractivity contribution in [3.63, 3.8) is 0 Å². The van der Waals surface area contributed by atoms with Crippen LogP contribution in [0, 0.1) is 0 Å². The minimum absolute atomic E-state index is 0.361. The molecule has 1 unspecified atom stereocenters. The molecule has 0 amide bonds. The quantitative estimate of drug-likeness (QED) is 0.754. The molecule has 0 fully saturated rings. The number of halogens is 4. The first-order valence-corrected chi connectivity index (χ1v) is 6.79. The topological polar surface area (TPSA) is 38.7 Å². The molecule has 1 aromatic carbocycles. The first kappa shape index (κ1) is 17.3. The third kappa shape index (κ3) is 6.11. The van der Waals surface area contributed by atoms with E-state index in [1.54, 1.807) is 25.3 Å². The highest BCUT2D eigenvalue weighted by Crippen LogP contribution is 2.32. The van der Waals surface area contributed by atoms with E-state index < -0.39 is 18.7 Å². The number of aliphatic hydroxyl groups excluding tert-OH is 1. The van der Waals surface area contributed by atoms with Gasteiger partial charge < -0.3 is 14.6 Å². The van der Waals surface area contributed by atoms with Crippen LogP contribution < -0.4 is 4.74 Å². The molecule has 0 saturated heterocycles. The molecule has 0 heterocycles. The first-order chi connectivity index (χ1) is 9.33. The van der Waals surface area contributed by atoms with Crippen molar-refractivity contribution in [2.75, 3.05) is 20.3 Å². The molecule has 0 saturated carbocycles. The second-order valence-corrected chi connectivity index (χ2v) is 5.06. The molecule has 0 aliphatic rings. The normalized spacial score (nSPS) is 13.3. The van der Waals surface area contributed by atoms with Gasteiger partial charge in [-0.05, 0) is 40.0 Å². The zero-order valence-electron chi connectivity index (χ0n) is 10.9. The van der Waals surface area contributed by atoms with Gasteiger partial charge in [0.15, 0.2) is 0 Å². The molecule has 0 bridgehead atoms. The van der Waals surface area contributed by atoms with Crippen molar-refractivity contribution >= 4 is 15.9 Å². The van der Waals surface area contributed by atoms with Crippen LogP contribution in [0.15, 0.2) is 22.7 Å². The van der Waals surface area contributed by atoms with Crippen LogP contribution in [0.4, 0.5) is 13.2 Å². The van der Waals surface area contributed by atoms with Gasteiger partial charge in [0, 0.05) is 13.5 Å². The molecule has 0 spiro atoms. The second kappa shape index (κ2) is 7.85. The maximum atomic E-state index is 12.1. The lowest BCUT2D eigenvalue weighted by atomic mass is 10.0. The summed E-state index contributed by atoms with van der Waals surface area (Å²) in [6.45, 7) is 0.799. The molecule has 3 nitrogen and oxygen atoms in total. The van der Waals surface area contributed by atoms with E-state index in [-0.39, 0.29) is 6.42 Å². The molecule has 7 heteroatoms. The lowest BCUT2D eigenvalue weighted by molar-refractivity contribution is -0.140. The van der Waals surface area contributed by atoms with Crippen LogP contribution in [0.3, 0.4) is 0 Å². The summed E-state index contributed by atoms with van der Waals surface area (Å²) in [4.78, 5) is 0. The molecule has 1 atom stereocenters. The summed E-state index contributed by atoms with van der Waals surface area (Å²) in [5.41, 5.74) is 0.417. The van der Waals surface area contributed by atoms with E-state index in [1.807, 2.05) is 0 Å². The summed E-state index contributed by atoms with van der Waals surface area (Å²) in [6.07, 6.45) is -6.79. The number of hydrogen-bond acceptors (Lipinski definition) is 3. The number of benzene rings is 1. The Morgan fingerprint density at radius 3 is 2.55 bits per heavy atom. The van der Waals surface area contributed by atoms with E-state index >= 15 is 0 Å². The lowest BCUT2D eigenvalue weighted by Crippen LogP contribution is -2.10. The average Bonchev–Trinajstić information content (AvgIpc) is 2.37. The molecule has 114 valence electrons. The summed E-state index contributed by atoms with van der Waals surface area (Å²) in [5, 5.41) is 9.73. The van der Waals surface area contributed by atoms with E-state index in [9.17, 15) is 18.3 Å². The Balaban J connectivity index is 2.61. The molecule has 1 aromatic rings. The Labute approximate surface area is 123 Å². The lowest BCUT2D eigenvalue weighted by Gasteiger charge is -2.14. The monoisotopic (exact) mass is 356 g/mol. The van der Waals surface area contributed by atoms with Crippen LogP contribution in [0.5, 0.6) is 5.75 Å². The number of hydrogen-bond donors (Lipinski definition) is 1. The molecule has 0 aliphatic heterocycles. The van der Waals surface area contributed by atoms with Crippen LogP contribution in [0.2, 0.25) is 0 Å².